The third-order valence-corrected chi connectivity index (χ3v) is 6.89. The topological polar surface area (TPSA) is 120 Å². The lowest BCUT2D eigenvalue weighted by molar-refractivity contribution is -0.141. The molecule has 0 bridgehead atoms. The maximum Gasteiger partial charge on any atom is 0.255 e. The highest BCUT2D eigenvalue weighted by Gasteiger charge is 2.34. The van der Waals surface area contributed by atoms with Gasteiger partial charge in [-0.15, -0.1) is 0 Å². The molecule has 1 aliphatic heterocycles. The molecule has 1 aromatic carbocycles. The predicted octanol–water partition coefficient (Wildman–Crippen LogP) is 2.91. The molecule has 0 radical (unpaired) electrons. The second-order valence-electron chi connectivity index (χ2n) is 9.81. The van der Waals surface area contributed by atoms with E-state index < -0.39 is 35.9 Å². The predicted molar refractivity (Wildman–Crippen MR) is 131 cm³/mol. The van der Waals surface area contributed by atoms with Crippen molar-refractivity contribution in [3.63, 3.8) is 0 Å². The number of piperidine rings is 1. The van der Waals surface area contributed by atoms with E-state index in [-0.39, 0.29) is 25.1 Å². The van der Waals surface area contributed by atoms with Crippen LogP contribution in [0.5, 0.6) is 5.75 Å². The number of H-pyrrole nitrogens is 1. The molecule has 3 atom stereocenters. The van der Waals surface area contributed by atoms with Crippen LogP contribution >= 0.6 is 0 Å². The minimum atomic E-state index is -1.49. The molecule has 0 spiro atoms. The normalized spacial score (nSPS) is 20.6. The second-order valence-corrected chi connectivity index (χ2v) is 9.81. The van der Waals surface area contributed by atoms with Gasteiger partial charge in [-0.05, 0) is 57.2 Å². The molecule has 9 nitrogen and oxygen atoms in total. The van der Waals surface area contributed by atoms with Crippen molar-refractivity contribution in [2.24, 2.45) is 5.92 Å². The van der Waals surface area contributed by atoms with E-state index in [9.17, 15) is 23.5 Å². The van der Waals surface area contributed by atoms with E-state index in [1.54, 1.807) is 13.0 Å². The number of aromatic amines is 1. The molecule has 3 heterocycles. The van der Waals surface area contributed by atoms with E-state index >= 15 is 0 Å². The largest absolute Gasteiger partial charge is 0.493 e. The molecule has 1 saturated heterocycles. The van der Waals surface area contributed by atoms with Gasteiger partial charge >= 0.3 is 0 Å². The Morgan fingerprint density at radius 2 is 2.08 bits per heavy atom. The van der Waals surface area contributed by atoms with Crippen molar-refractivity contribution in [3.8, 4) is 17.0 Å². The van der Waals surface area contributed by atoms with E-state index in [0.29, 0.717) is 46.3 Å². The number of halogens is 2. The maximum atomic E-state index is 14.9. The third kappa shape index (κ3) is 5.13. The fraction of sp³-hybridized carbons (Fsp3) is 0.462. The zero-order chi connectivity index (χ0) is 26.3. The van der Waals surface area contributed by atoms with Crippen molar-refractivity contribution >= 4 is 22.8 Å². The van der Waals surface area contributed by atoms with E-state index in [0.717, 1.165) is 12.8 Å². The fourth-order valence-corrected chi connectivity index (χ4v) is 4.68. The van der Waals surface area contributed by atoms with Crippen molar-refractivity contribution in [1.82, 2.24) is 25.2 Å². The van der Waals surface area contributed by atoms with E-state index in [1.165, 1.54) is 30.3 Å². The first-order valence-electron chi connectivity index (χ1n) is 12.4. The minimum Gasteiger partial charge on any atom is -0.493 e. The van der Waals surface area contributed by atoms with Crippen molar-refractivity contribution in [2.75, 3.05) is 19.7 Å². The number of rotatable bonds is 7. The Morgan fingerprint density at radius 3 is 2.78 bits per heavy atom. The number of aliphatic hydroxyl groups excluding tert-OH is 1. The van der Waals surface area contributed by atoms with Crippen molar-refractivity contribution in [1.29, 1.82) is 0 Å². The highest BCUT2D eigenvalue weighted by molar-refractivity contribution is 6.09. The molecule has 0 unspecified atom stereocenters. The summed E-state index contributed by atoms with van der Waals surface area (Å²) in [7, 11) is 0. The summed E-state index contributed by atoms with van der Waals surface area (Å²) in [6.07, 6.45) is 1.03. The van der Waals surface area contributed by atoms with Crippen LogP contribution in [0, 0.1) is 18.7 Å². The molecule has 3 aromatic rings. The summed E-state index contributed by atoms with van der Waals surface area (Å²) in [6.45, 7) is 3.59. The first-order valence-corrected chi connectivity index (χ1v) is 12.4. The van der Waals surface area contributed by atoms with Gasteiger partial charge in [-0.25, -0.2) is 18.7 Å². The van der Waals surface area contributed by atoms with Gasteiger partial charge in [0.25, 0.3) is 11.8 Å². The van der Waals surface area contributed by atoms with Gasteiger partial charge in [0.2, 0.25) is 0 Å². The average Bonchev–Trinajstić information content (AvgIpc) is 3.63. The van der Waals surface area contributed by atoms with Gasteiger partial charge in [0.15, 0.2) is 0 Å². The standard InChI is InChI=1S/C26H29F2N5O4/c1-13-21(25(35)32-19-7-8-33(10-18(19)28)26(36)14(2)34)23-24(31-13)22(29-12-30-23)17-9-16(27)5-6-20(17)37-11-15-3-4-15/h5-6,9,12,14-15,18-19,31,34H,3-4,7-8,10-11H2,1-2H3,(H,32,35)/t14-,18+,19+/m0/s1. The molecular formula is C26H29F2N5O4. The van der Waals surface area contributed by atoms with E-state index in [1.807, 2.05) is 0 Å². The van der Waals surface area contributed by atoms with E-state index in [4.69, 9.17) is 4.74 Å². The number of ether oxygens (including phenoxy) is 1. The molecule has 1 saturated carbocycles. The van der Waals surface area contributed by atoms with E-state index in [2.05, 4.69) is 20.3 Å². The van der Waals surface area contributed by atoms with Crippen LogP contribution in [0.25, 0.3) is 22.3 Å². The van der Waals surface area contributed by atoms with Gasteiger partial charge in [-0.2, -0.15) is 0 Å². The third-order valence-electron chi connectivity index (χ3n) is 6.89. The zero-order valence-electron chi connectivity index (χ0n) is 20.6. The number of aliphatic hydroxyl groups is 1. The molecule has 2 aliphatic rings. The van der Waals surface area contributed by atoms with Gasteiger partial charge < -0.3 is 25.0 Å². The summed E-state index contributed by atoms with van der Waals surface area (Å²) in [6, 6.07) is 3.44. The van der Waals surface area contributed by atoms with Crippen LogP contribution in [-0.2, 0) is 4.79 Å². The molecule has 37 heavy (non-hydrogen) atoms. The molecule has 1 aliphatic carbocycles. The minimum absolute atomic E-state index is 0.206. The lowest BCUT2D eigenvalue weighted by Crippen LogP contribution is -2.55. The molecule has 3 N–H and O–H groups in total. The van der Waals surface area contributed by atoms with Crippen LogP contribution in [0.15, 0.2) is 24.5 Å². The number of carbonyl (C=O) groups is 2. The monoisotopic (exact) mass is 513 g/mol. The zero-order valence-corrected chi connectivity index (χ0v) is 20.6. The highest BCUT2D eigenvalue weighted by atomic mass is 19.1. The summed E-state index contributed by atoms with van der Waals surface area (Å²) in [5.41, 5.74) is 2.36. The first-order chi connectivity index (χ1) is 17.7. The number of hydrogen-bond donors (Lipinski definition) is 3. The van der Waals surface area contributed by atoms with Gasteiger partial charge in [0.05, 0.1) is 30.3 Å². The number of likely N-dealkylation sites (tertiary alicyclic amines) is 1. The number of nitrogens with one attached hydrogen (secondary N) is 2. The first kappa shape index (κ1) is 25.1. The number of nitrogens with zero attached hydrogens (tertiary/aromatic N) is 3. The molecule has 5 rings (SSSR count). The highest BCUT2D eigenvalue weighted by Crippen LogP contribution is 2.36. The number of hydrogen-bond acceptors (Lipinski definition) is 6. The van der Waals surface area contributed by atoms with Crippen LogP contribution in [0.4, 0.5) is 8.78 Å². The fourth-order valence-electron chi connectivity index (χ4n) is 4.68. The van der Waals surface area contributed by atoms with Crippen molar-refractivity contribution < 1.29 is 28.2 Å². The Balaban J connectivity index is 1.41. The smallest absolute Gasteiger partial charge is 0.255 e. The Labute approximate surface area is 212 Å². The summed E-state index contributed by atoms with van der Waals surface area (Å²) in [4.78, 5) is 38.3. The second kappa shape index (κ2) is 10.0. The summed E-state index contributed by atoms with van der Waals surface area (Å²) < 4.78 is 35.0. The summed E-state index contributed by atoms with van der Waals surface area (Å²) in [5, 5.41) is 12.2. The quantitative estimate of drug-likeness (QED) is 0.447. The van der Waals surface area contributed by atoms with Crippen LogP contribution < -0.4 is 10.1 Å². The molecule has 11 heteroatoms. The number of aromatic nitrogens is 3. The van der Waals surface area contributed by atoms with Crippen molar-refractivity contribution in [3.05, 3.63) is 41.6 Å². The average molecular weight is 514 g/mol. The number of alkyl halides is 1. The van der Waals surface area contributed by atoms with Gasteiger partial charge in [-0.3, -0.25) is 9.59 Å². The van der Waals surface area contributed by atoms with Crippen LogP contribution in [0.2, 0.25) is 0 Å². The molecule has 2 amide bonds. The lowest BCUT2D eigenvalue weighted by Gasteiger charge is -2.35. The SMILES string of the molecule is Cc1[nH]c2c(-c3cc(F)ccc3OCC3CC3)ncnc2c1C(=O)N[C@@H]1CCN(C(=O)[C@H](C)O)C[C@H]1F. The Bertz CT molecular complexity index is 1340. The molecule has 2 fully saturated rings. The van der Waals surface area contributed by atoms with Crippen LogP contribution in [0.1, 0.15) is 42.2 Å². The summed E-state index contributed by atoms with van der Waals surface area (Å²) >= 11 is 0. The Hall–Kier alpha value is -3.60. The van der Waals surface area contributed by atoms with Crippen LogP contribution in [0.3, 0.4) is 0 Å². The van der Waals surface area contributed by atoms with Crippen LogP contribution in [-0.4, -0.2) is 74.8 Å². The Morgan fingerprint density at radius 1 is 1.30 bits per heavy atom. The Kier molecular flexibility index (Phi) is 6.80. The number of amides is 2. The summed E-state index contributed by atoms with van der Waals surface area (Å²) in [5.74, 6) is -0.507. The molecule has 196 valence electrons. The molecule has 2 aromatic heterocycles. The lowest BCUT2D eigenvalue weighted by atomic mass is 10.0. The number of benzene rings is 1. The van der Waals surface area contributed by atoms with Gasteiger partial charge in [0, 0.05) is 17.8 Å². The number of aryl methyl sites for hydroxylation is 1. The van der Waals surface area contributed by atoms with Gasteiger partial charge in [-0.1, -0.05) is 0 Å². The molecular weight excluding hydrogens is 484 g/mol. The van der Waals surface area contributed by atoms with Gasteiger partial charge in [0.1, 0.15) is 41.4 Å². The number of fused-ring (bicyclic) bond motifs is 1. The maximum absolute atomic E-state index is 14.9. The number of carbonyl (C=O) groups excluding carboxylic acids is 2. The van der Waals surface area contributed by atoms with Crippen molar-refractivity contribution in [2.45, 2.75) is 51.4 Å².